The van der Waals surface area contributed by atoms with E-state index >= 15 is 0 Å². The van der Waals surface area contributed by atoms with E-state index in [2.05, 4.69) is 0 Å². The zero-order valence-corrected chi connectivity index (χ0v) is 13.4. The molecule has 1 aromatic carbocycles. The molecule has 0 N–H and O–H groups in total. The smallest absolute Gasteiger partial charge is 0.410 e. The van der Waals surface area contributed by atoms with Gasteiger partial charge in [-0.3, -0.25) is 0 Å². The van der Waals surface area contributed by atoms with Gasteiger partial charge in [0.25, 0.3) is 0 Å². The molecule has 1 aromatic heterocycles. The van der Waals surface area contributed by atoms with Gasteiger partial charge in [-0.1, -0.05) is 0 Å². The summed E-state index contributed by atoms with van der Waals surface area (Å²) in [5.74, 6) is -0.226. The number of amides is 1. The van der Waals surface area contributed by atoms with E-state index in [1.165, 1.54) is 6.07 Å². The van der Waals surface area contributed by atoms with Crippen molar-refractivity contribution in [1.29, 1.82) is 0 Å². The van der Waals surface area contributed by atoms with Crippen LogP contribution in [-0.4, -0.2) is 27.7 Å². The van der Waals surface area contributed by atoms with Crippen LogP contribution in [0.5, 0.6) is 0 Å². The molecule has 0 aliphatic carbocycles. The Balaban J connectivity index is 1.93. The highest BCUT2D eigenvalue weighted by Gasteiger charge is 2.28. The number of carbonyl (C=O) groups excluding carboxylic acids is 1. The second-order valence-corrected chi connectivity index (χ2v) is 6.80. The number of fused-ring (bicyclic) bond motifs is 3. The summed E-state index contributed by atoms with van der Waals surface area (Å²) in [6, 6.07) is 4.84. The third kappa shape index (κ3) is 2.56. The maximum Gasteiger partial charge on any atom is 0.410 e. The van der Waals surface area contributed by atoms with E-state index in [0.717, 1.165) is 28.6 Å². The van der Waals surface area contributed by atoms with E-state index in [-0.39, 0.29) is 11.9 Å². The Morgan fingerprint density at radius 1 is 1.32 bits per heavy atom. The monoisotopic (exact) mass is 304 g/mol. The van der Waals surface area contributed by atoms with Gasteiger partial charge in [0.2, 0.25) is 0 Å². The topological polar surface area (TPSA) is 34.5 Å². The fourth-order valence-corrected chi connectivity index (χ4v) is 3.02. The molecule has 0 spiro atoms. The highest BCUT2D eigenvalue weighted by Crippen LogP contribution is 2.31. The molecule has 22 heavy (non-hydrogen) atoms. The summed E-state index contributed by atoms with van der Waals surface area (Å²) < 4.78 is 21.0. The van der Waals surface area contributed by atoms with Gasteiger partial charge in [-0.25, -0.2) is 9.18 Å². The largest absolute Gasteiger partial charge is 0.444 e. The molecule has 0 radical (unpaired) electrons. The van der Waals surface area contributed by atoms with Crippen molar-refractivity contribution in [2.24, 2.45) is 7.05 Å². The summed E-state index contributed by atoms with van der Waals surface area (Å²) in [4.78, 5) is 13.9. The van der Waals surface area contributed by atoms with E-state index in [0.29, 0.717) is 13.1 Å². The summed E-state index contributed by atoms with van der Waals surface area (Å²) in [6.07, 6.45) is 0.421. The third-order valence-corrected chi connectivity index (χ3v) is 4.02. The fraction of sp³-hybridized carbons (Fsp3) is 0.471. The van der Waals surface area contributed by atoms with Crippen LogP contribution in [0.15, 0.2) is 18.2 Å². The number of ether oxygens (including phenoxy) is 1. The molecule has 0 atom stereocenters. The molecule has 1 aliphatic rings. The molecule has 0 saturated carbocycles. The van der Waals surface area contributed by atoms with Crippen LogP contribution >= 0.6 is 0 Å². The second kappa shape index (κ2) is 5.00. The van der Waals surface area contributed by atoms with Gasteiger partial charge in [0, 0.05) is 30.2 Å². The van der Waals surface area contributed by atoms with Crippen LogP contribution in [-0.2, 0) is 24.8 Å². The van der Waals surface area contributed by atoms with Crippen molar-refractivity contribution in [2.45, 2.75) is 39.3 Å². The molecule has 3 rings (SSSR count). The lowest BCUT2D eigenvalue weighted by Gasteiger charge is -2.30. The van der Waals surface area contributed by atoms with E-state index in [9.17, 15) is 9.18 Å². The van der Waals surface area contributed by atoms with Gasteiger partial charge >= 0.3 is 6.09 Å². The van der Waals surface area contributed by atoms with Crippen molar-refractivity contribution in [2.75, 3.05) is 6.54 Å². The first-order valence-corrected chi connectivity index (χ1v) is 7.50. The summed E-state index contributed by atoms with van der Waals surface area (Å²) in [5.41, 5.74) is 2.69. The zero-order chi connectivity index (χ0) is 16.1. The highest BCUT2D eigenvalue weighted by atomic mass is 19.1. The quantitative estimate of drug-likeness (QED) is 0.745. The molecular formula is C17H21FN2O2. The Kier molecular flexibility index (Phi) is 3.38. The first-order chi connectivity index (χ1) is 10.3. The van der Waals surface area contributed by atoms with Crippen LogP contribution in [0.4, 0.5) is 9.18 Å². The van der Waals surface area contributed by atoms with Gasteiger partial charge < -0.3 is 14.2 Å². The average Bonchev–Trinajstić information content (AvgIpc) is 2.70. The highest BCUT2D eigenvalue weighted by molar-refractivity contribution is 5.86. The lowest BCUT2D eigenvalue weighted by Crippen LogP contribution is -2.40. The van der Waals surface area contributed by atoms with Crippen LogP contribution in [0, 0.1) is 5.82 Å². The predicted molar refractivity (Wildman–Crippen MR) is 83.2 cm³/mol. The van der Waals surface area contributed by atoms with Gasteiger partial charge in [0.15, 0.2) is 0 Å². The molecule has 2 aromatic rings. The van der Waals surface area contributed by atoms with Crippen LogP contribution in [0.3, 0.4) is 0 Å². The maximum absolute atomic E-state index is 13.5. The summed E-state index contributed by atoms with van der Waals surface area (Å²) in [5, 5.41) is 0.946. The number of halogens is 1. The molecule has 0 saturated heterocycles. The van der Waals surface area contributed by atoms with E-state index in [1.54, 1.807) is 17.0 Å². The van der Waals surface area contributed by atoms with Gasteiger partial charge in [-0.15, -0.1) is 0 Å². The predicted octanol–water partition coefficient (Wildman–Crippen LogP) is 3.61. The molecule has 5 heteroatoms. The third-order valence-electron chi connectivity index (χ3n) is 4.02. The van der Waals surface area contributed by atoms with Gasteiger partial charge in [0.1, 0.15) is 11.4 Å². The number of aromatic nitrogens is 1. The number of aryl methyl sites for hydroxylation is 1. The number of benzene rings is 1. The molecule has 118 valence electrons. The lowest BCUT2D eigenvalue weighted by molar-refractivity contribution is 0.0220. The molecule has 0 unspecified atom stereocenters. The number of rotatable bonds is 0. The van der Waals surface area contributed by atoms with E-state index < -0.39 is 5.60 Å². The summed E-state index contributed by atoms with van der Waals surface area (Å²) in [7, 11) is 1.96. The van der Waals surface area contributed by atoms with Crippen molar-refractivity contribution >= 4 is 17.0 Å². The van der Waals surface area contributed by atoms with Gasteiger partial charge in [-0.2, -0.15) is 0 Å². The van der Waals surface area contributed by atoms with Crippen LogP contribution in [0.1, 0.15) is 32.0 Å². The zero-order valence-electron chi connectivity index (χ0n) is 13.4. The average molecular weight is 304 g/mol. The number of carbonyl (C=O) groups is 1. The molecule has 4 nitrogen and oxygen atoms in total. The number of hydrogen-bond donors (Lipinski definition) is 0. The fourth-order valence-electron chi connectivity index (χ4n) is 3.02. The van der Waals surface area contributed by atoms with Gasteiger partial charge in [-0.05, 0) is 51.0 Å². The van der Waals surface area contributed by atoms with E-state index in [4.69, 9.17) is 4.74 Å². The Hall–Kier alpha value is -2.04. The molecule has 1 amide bonds. The molecule has 0 fully saturated rings. The first kappa shape index (κ1) is 14.9. The minimum Gasteiger partial charge on any atom is -0.444 e. The Labute approximate surface area is 129 Å². The van der Waals surface area contributed by atoms with Crippen molar-refractivity contribution in [3.8, 4) is 0 Å². The van der Waals surface area contributed by atoms with Crippen LogP contribution in [0.2, 0.25) is 0 Å². The SMILES string of the molecule is Cn1c2c(c3cc(F)ccc31)CCN(C(=O)OC(C)(C)C)C2. The van der Waals surface area contributed by atoms with Crippen molar-refractivity contribution in [1.82, 2.24) is 9.47 Å². The maximum atomic E-state index is 13.5. The summed E-state index contributed by atoms with van der Waals surface area (Å²) in [6.45, 7) is 6.67. The molecule has 1 aliphatic heterocycles. The number of nitrogens with zero attached hydrogens (tertiary/aromatic N) is 2. The van der Waals surface area contributed by atoms with Crippen LogP contribution in [0.25, 0.3) is 10.9 Å². The normalized spacial score (nSPS) is 15.0. The van der Waals surface area contributed by atoms with Crippen molar-refractivity contribution in [3.63, 3.8) is 0 Å². The molecular weight excluding hydrogens is 283 g/mol. The van der Waals surface area contributed by atoms with Crippen LogP contribution < -0.4 is 0 Å². The minimum absolute atomic E-state index is 0.226. The van der Waals surface area contributed by atoms with Crippen molar-refractivity contribution in [3.05, 3.63) is 35.3 Å². The standard InChI is InChI=1S/C17H21FN2O2/c1-17(2,3)22-16(21)20-8-7-12-13-9-11(18)5-6-14(13)19(4)15(12)10-20/h5-6,9H,7-8,10H2,1-4H3. The molecule has 0 bridgehead atoms. The van der Waals surface area contributed by atoms with Gasteiger partial charge in [0.05, 0.1) is 6.54 Å². The first-order valence-electron chi connectivity index (χ1n) is 7.50. The minimum atomic E-state index is -0.501. The Morgan fingerprint density at radius 2 is 2.05 bits per heavy atom. The Morgan fingerprint density at radius 3 is 2.73 bits per heavy atom. The Bertz CT molecular complexity index is 743. The molecule has 2 heterocycles. The van der Waals surface area contributed by atoms with Crippen molar-refractivity contribution < 1.29 is 13.9 Å². The second-order valence-electron chi connectivity index (χ2n) is 6.80. The summed E-state index contributed by atoms with van der Waals surface area (Å²) >= 11 is 0. The van der Waals surface area contributed by atoms with E-state index in [1.807, 2.05) is 32.4 Å². The lowest BCUT2D eigenvalue weighted by atomic mass is 10.0. The number of hydrogen-bond acceptors (Lipinski definition) is 2.